The molecule has 0 N–H and O–H groups in total. The quantitative estimate of drug-likeness (QED) is 0.616. The van der Waals surface area contributed by atoms with Gasteiger partial charge in [0.1, 0.15) is 6.10 Å². The number of hydrogen-bond acceptors (Lipinski definition) is 2. The largest absolute Gasteiger partial charge is 0.453 e. The average Bonchev–Trinajstić information content (AvgIpc) is 2.71. The standard InChI is InChI=1S/C18H20O2/c1-4-5-10-17-16(14(3)18(19)20-17)12-11-15-9-7-6-8-13(15)2/h6-9,17H,4-5,10H2,1-3H3. The van der Waals surface area contributed by atoms with E-state index in [1.54, 1.807) is 6.92 Å². The molecule has 2 heteroatoms. The normalized spacial score (nSPS) is 17.8. The van der Waals surface area contributed by atoms with Crippen LogP contribution in [0.4, 0.5) is 0 Å². The Bertz CT molecular complexity index is 599. The molecule has 104 valence electrons. The van der Waals surface area contributed by atoms with Gasteiger partial charge in [0.2, 0.25) is 0 Å². The molecule has 1 aliphatic rings. The minimum Gasteiger partial charge on any atom is -0.453 e. The Morgan fingerprint density at radius 1 is 1.20 bits per heavy atom. The highest BCUT2D eigenvalue weighted by atomic mass is 16.5. The van der Waals surface area contributed by atoms with Gasteiger partial charge in [-0.1, -0.05) is 43.4 Å². The van der Waals surface area contributed by atoms with Gasteiger partial charge in [0, 0.05) is 11.1 Å². The lowest BCUT2D eigenvalue weighted by Crippen LogP contribution is -2.10. The van der Waals surface area contributed by atoms with Crippen molar-refractivity contribution >= 4 is 5.97 Å². The molecule has 0 aromatic heterocycles. The molecule has 1 aliphatic heterocycles. The maximum atomic E-state index is 11.7. The Balaban J connectivity index is 2.26. The van der Waals surface area contributed by atoms with Crippen molar-refractivity contribution in [3.63, 3.8) is 0 Å². The molecular formula is C18H20O2. The zero-order valence-corrected chi connectivity index (χ0v) is 12.3. The van der Waals surface area contributed by atoms with Crippen molar-refractivity contribution < 1.29 is 9.53 Å². The molecule has 1 atom stereocenters. The Labute approximate surface area is 120 Å². The first-order valence-corrected chi connectivity index (χ1v) is 7.13. The number of aryl methyl sites for hydroxylation is 1. The minimum absolute atomic E-state index is 0.154. The summed E-state index contributed by atoms with van der Waals surface area (Å²) in [7, 11) is 0. The van der Waals surface area contributed by atoms with Gasteiger partial charge in [0.05, 0.1) is 5.57 Å². The van der Waals surface area contributed by atoms with E-state index in [-0.39, 0.29) is 12.1 Å². The molecule has 2 nitrogen and oxygen atoms in total. The third-order valence-corrected chi connectivity index (χ3v) is 3.58. The summed E-state index contributed by atoms with van der Waals surface area (Å²) in [6.45, 7) is 5.97. The Morgan fingerprint density at radius 2 is 1.95 bits per heavy atom. The van der Waals surface area contributed by atoms with E-state index in [0.29, 0.717) is 5.57 Å². The third-order valence-electron chi connectivity index (χ3n) is 3.58. The van der Waals surface area contributed by atoms with Crippen molar-refractivity contribution in [1.29, 1.82) is 0 Å². The van der Waals surface area contributed by atoms with Crippen molar-refractivity contribution in [2.75, 3.05) is 0 Å². The van der Waals surface area contributed by atoms with E-state index >= 15 is 0 Å². The van der Waals surface area contributed by atoms with Crippen LogP contribution < -0.4 is 0 Å². The highest BCUT2D eigenvalue weighted by Gasteiger charge is 2.29. The molecule has 1 aromatic rings. The maximum absolute atomic E-state index is 11.7. The highest BCUT2D eigenvalue weighted by Crippen LogP contribution is 2.25. The Kier molecular flexibility index (Phi) is 4.63. The van der Waals surface area contributed by atoms with Gasteiger partial charge in [0.25, 0.3) is 0 Å². The summed E-state index contributed by atoms with van der Waals surface area (Å²) in [5.41, 5.74) is 3.66. The number of hydrogen-bond donors (Lipinski definition) is 0. The van der Waals surface area contributed by atoms with E-state index in [2.05, 4.69) is 18.8 Å². The van der Waals surface area contributed by atoms with Crippen LogP contribution in [0.2, 0.25) is 0 Å². The van der Waals surface area contributed by atoms with Crippen LogP contribution in [-0.4, -0.2) is 12.1 Å². The topological polar surface area (TPSA) is 26.3 Å². The lowest BCUT2D eigenvalue weighted by atomic mass is 10.0. The number of cyclic esters (lactones) is 1. The third kappa shape index (κ3) is 3.11. The second-order valence-electron chi connectivity index (χ2n) is 5.14. The summed E-state index contributed by atoms with van der Waals surface area (Å²) < 4.78 is 5.39. The zero-order chi connectivity index (χ0) is 14.5. The molecule has 20 heavy (non-hydrogen) atoms. The number of esters is 1. The molecular weight excluding hydrogens is 248 g/mol. The Hall–Kier alpha value is -2.01. The molecule has 0 radical (unpaired) electrons. The number of benzene rings is 1. The highest BCUT2D eigenvalue weighted by molar-refractivity contribution is 5.93. The molecule has 0 saturated carbocycles. The summed E-state index contributed by atoms with van der Waals surface area (Å²) >= 11 is 0. The lowest BCUT2D eigenvalue weighted by Gasteiger charge is -2.09. The molecule has 2 rings (SSSR count). The van der Waals surface area contributed by atoms with E-state index in [9.17, 15) is 4.79 Å². The molecule has 0 bridgehead atoms. The Morgan fingerprint density at radius 3 is 2.65 bits per heavy atom. The van der Waals surface area contributed by atoms with Crippen LogP contribution >= 0.6 is 0 Å². The first-order chi connectivity index (χ1) is 9.63. The predicted molar refractivity (Wildman–Crippen MR) is 80.2 cm³/mol. The first-order valence-electron chi connectivity index (χ1n) is 7.13. The lowest BCUT2D eigenvalue weighted by molar-refractivity contribution is -0.139. The summed E-state index contributed by atoms with van der Waals surface area (Å²) in [6.07, 6.45) is 2.84. The van der Waals surface area contributed by atoms with Crippen molar-refractivity contribution in [2.24, 2.45) is 0 Å². The number of unbranched alkanes of at least 4 members (excludes halogenated alkanes) is 1. The fourth-order valence-electron chi connectivity index (χ4n) is 2.24. The summed E-state index contributed by atoms with van der Waals surface area (Å²) in [5, 5.41) is 0. The molecule has 0 aliphatic carbocycles. The van der Waals surface area contributed by atoms with E-state index in [0.717, 1.165) is 36.0 Å². The fraction of sp³-hybridized carbons (Fsp3) is 0.389. The molecule has 1 heterocycles. The van der Waals surface area contributed by atoms with E-state index in [4.69, 9.17) is 4.74 Å². The van der Waals surface area contributed by atoms with Crippen molar-refractivity contribution in [3.8, 4) is 11.8 Å². The van der Waals surface area contributed by atoms with Gasteiger partial charge >= 0.3 is 5.97 Å². The summed E-state index contributed by atoms with van der Waals surface area (Å²) in [5.74, 6) is 6.11. The SMILES string of the molecule is CCCCC1OC(=O)C(C)=C1C#Cc1ccccc1C. The average molecular weight is 268 g/mol. The van der Waals surface area contributed by atoms with Crippen LogP contribution in [0.25, 0.3) is 0 Å². The molecule has 1 unspecified atom stereocenters. The molecule has 0 amide bonds. The number of ether oxygens (including phenoxy) is 1. The molecule has 0 saturated heterocycles. The zero-order valence-electron chi connectivity index (χ0n) is 12.3. The van der Waals surface area contributed by atoms with Gasteiger partial charge < -0.3 is 4.74 Å². The van der Waals surface area contributed by atoms with Gasteiger partial charge in [-0.2, -0.15) is 0 Å². The van der Waals surface area contributed by atoms with E-state index < -0.39 is 0 Å². The summed E-state index contributed by atoms with van der Waals surface area (Å²) in [4.78, 5) is 11.7. The van der Waals surface area contributed by atoms with Crippen molar-refractivity contribution in [3.05, 3.63) is 46.5 Å². The number of carbonyl (C=O) groups is 1. The van der Waals surface area contributed by atoms with Gasteiger partial charge in [-0.25, -0.2) is 4.79 Å². The molecule has 0 spiro atoms. The molecule has 1 aromatic carbocycles. The van der Waals surface area contributed by atoms with Crippen molar-refractivity contribution in [1.82, 2.24) is 0 Å². The van der Waals surface area contributed by atoms with Gasteiger partial charge in [-0.05, 0) is 38.3 Å². The number of rotatable bonds is 3. The van der Waals surface area contributed by atoms with Crippen LogP contribution in [-0.2, 0) is 9.53 Å². The van der Waals surface area contributed by atoms with Crippen LogP contribution in [0.3, 0.4) is 0 Å². The molecule has 0 fully saturated rings. The van der Waals surface area contributed by atoms with Crippen LogP contribution in [0.5, 0.6) is 0 Å². The second-order valence-corrected chi connectivity index (χ2v) is 5.14. The van der Waals surface area contributed by atoms with Crippen LogP contribution in [0.15, 0.2) is 35.4 Å². The predicted octanol–water partition coefficient (Wildman–Crippen LogP) is 3.78. The minimum atomic E-state index is -0.222. The second kappa shape index (κ2) is 6.43. The monoisotopic (exact) mass is 268 g/mol. The first kappa shape index (κ1) is 14.4. The number of carbonyl (C=O) groups excluding carboxylic acids is 1. The van der Waals surface area contributed by atoms with E-state index in [1.807, 2.05) is 31.2 Å². The fourth-order valence-corrected chi connectivity index (χ4v) is 2.24. The summed E-state index contributed by atoms with van der Waals surface area (Å²) in [6, 6.07) is 8.01. The van der Waals surface area contributed by atoms with E-state index in [1.165, 1.54) is 0 Å². The van der Waals surface area contributed by atoms with Gasteiger partial charge in [0.15, 0.2) is 0 Å². The van der Waals surface area contributed by atoms with Gasteiger partial charge in [-0.3, -0.25) is 0 Å². The maximum Gasteiger partial charge on any atom is 0.335 e. The van der Waals surface area contributed by atoms with Crippen LogP contribution in [0, 0.1) is 18.8 Å². The van der Waals surface area contributed by atoms with Gasteiger partial charge in [-0.15, -0.1) is 0 Å². The smallest absolute Gasteiger partial charge is 0.335 e. The van der Waals surface area contributed by atoms with Crippen LogP contribution in [0.1, 0.15) is 44.2 Å². The van der Waals surface area contributed by atoms with Crippen molar-refractivity contribution in [2.45, 2.75) is 46.1 Å².